The summed E-state index contributed by atoms with van der Waals surface area (Å²) in [5, 5.41) is 8.09. The van der Waals surface area contributed by atoms with Crippen molar-refractivity contribution in [3.05, 3.63) is 33.8 Å². The molecule has 0 saturated heterocycles. The monoisotopic (exact) mass is 290 g/mol. The largest absolute Gasteiger partial charge is 0.478 e. The van der Waals surface area contributed by atoms with Crippen molar-refractivity contribution in [1.82, 2.24) is 0 Å². The topological polar surface area (TPSA) is 54.4 Å². The minimum Gasteiger partial charge on any atom is -0.478 e. The van der Waals surface area contributed by atoms with Gasteiger partial charge in [-0.3, -0.25) is 4.79 Å². The number of hydrogen-bond donors (Lipinski definition) is 1. The molecule has 0 aliphatic carbocycles. The first-order chi connectivity index (χ1) is 6.93. The van der Waals surface area contributed by atoms with Gasteiger partial charge in [-0.2, -0.15) is 0 Å². The first-order valence-electron chi connectivity index (χ1n) is 4.14. The molecule has 0 saturated carbocycles. The average Bonchev–Trinajstić information content (AvgIpc) is 2.16. The predicted molar refractivity (Wildman–Crippen MR) is 60.7 cm³/mol. The average molecular weight is 292 g/mol. The Labute approximate surface area is 100 Å². The Kier molecular flexibility index (Phi) is 3.88. The molecule has 1 N–H and O–H groups in total. The van der Waals surface area contributed by atoms with Crippen LogP contribution < -0.4 is 0 Å². The molecule has 0 spiro atoms. The number of carbonyl (C=O) groups excluding carboxylic acids is 1. The lowest BCUT2D eigenvalue weighted by molar-refractivity contribution is 0.0697. The van der Waals surface area contributed by atoms with Gasteiger partial charge in [-0.05, 0) is 25.1 Å². The van der Waals surface area contributed by atoms with Crippen molar-refractivity contribution >= 4 is 39.3 Å². The quantitative estimate of drug-likeness (QED) is 0.688. The molecule has 3 nitrogen and oxygen atoms in total. The molecule has 1 atom stereocenters. The summed E-state index contributed by atoms with van der Waals surface area (Å²) in [5.74, 6) is -1.37. The van der Waals surface area contributed by atoms with Crippen molar-refractivity contribution < 1.29 is 14.7 Å². The van der Waals surface area contributed by atoms with Crippen molar-refractivity contribution in [3.63, 3.8) is 0 Å². The fourth-order valence-electron chi connectivity index (χ4n) is 1.06. The second-order valence-corrected chi connectivity index (χ2v) is 4.49. The summed E-state index contributed by atoms with van der Waals surface area (Å²) in [6.07, 6.45) is 0. The molecule has 0 aromatic heterocycles. The minimum atomic E-state index is -1.07. The Morgan fingerprint density at radius 3 is 2.53 bits per heavy atom. The van der Waals surface area contributed by atoms with Crippen molar-refractivity contribution in [2.75, 3.05) is 0 Å². The van der Waals surface area contributed by atoms with E-state index in [0.29, 0.717) is 4.47 Å². The van der Waals surface area contributed by atoms with Gasteiger partial charge in [0.15, 0.2) is 5.78 Å². The number of aromatic carboxylic acids is 1. The smallest absolute Gasteiger partial charge is 0.335 e. The number of carboxylic acids is 1. The minimum absolute atomic E-state index is 0.0684. The Hall–Kier alpha value is -0.870. The third-order valence-corrected chi connectivity index (χ3v) is 2.73. The molecule has 1 aromatic rings. The molecular weight excluding hydrogens is 283 g/mol. The van der Waals surface area contributed by atoms with Gasteiger partial charge in [-0.1, -0.05) is 15.9 Å². The molecule has 5 heteroatoms. The van der Waals surface area contributed by atoms with Crippen LogP contribution in [0, 0.1) is 0 Å². The van der Waals surface area contributed by atoms with Crippen LogP contribution in [-0.2, 0) is 0 Å². The maximum absolute atomic E-state index is 11.6. The number of Topliss-reactive ketones (excluding diaryl/α,β-unsaturated/α-hetero) is 1. The Morgan fingerprint density at radius 2 is 2.07 bits per heavy atom. The second-order valence-electron chi connectivity index (χ2n) is 2.98. The highest BCUT2D eigenvalue weighted by Crippen LogP contribution is 2.21. The lowest BCUT2D eigenvalue weighted by Gasteiger charge is -2.06. The van der Waals surface area contributed by atoms with Gasteiger partial charge < -0.3 is 5.11 Å². The summed E-state index contributed by atoms with van der Waals surface area (Å²) in [5.41, 5.74) is 0.358. The van der Waals surface area contributed by atoms with Crippen LogP contribution in [-0.4, -0.2) is 22.2 Å². The molecule has 0 aliphatic rings. The highest BCUT2D eigenvalue weighted by Gasteiger charge is 2.17. The van der Waals surface area contributed by atoms with E-state index in [0.717, 1.165) is 0 Å². The molecule has 0 radical (unpaired) electrons. The number of carbonyl (C=O) groups is 2. The maximum atomic E-state index is 11.6. The normalized spacial score (nSPS) is 12.2. The number of ketones is 1. The number of carboxylic acid groups (broad SMARTS) is 1. The molecule has 1 rings (SSSR count). The van der Waals surface area contributed by atoms with Gasteiger partial charge in [0, 0.05) is 10.0 Å². The number of halogens is 2. The Morgan fingerprint density at radius 1 is 1.47 bits per heavy atom. The van der Waals surface area contributed by atoms with Crippen LogP contribution >= 0.6 is 27.5 Å². The van der Waals surface area contributed by atoms with Gasteiger partial charge in [0.2, 0.25) is 0 Å². The third-order valence-electron chi connectivity index (χ3n) is 1.84. The van der Waals surface area contributed by atoms with Crippen molar-refractivity contribution in [2.45, 2.75) is 12.3 Å². The first kappa shape index (κ1) is 12.2. The Balaban J connectivity index is 3.22. The van der Waals surface area contributed by atoms with E-state index < -0.39 is 11.3 Å². The zero-order chi connectivity index (χ0) is 11.6. The molecule has 1 aromatic carbocycles. The molecule has 1 unspecified atom stereocenters. The van der Waals surface area contributed by atoms with Gasteiger partial charge in [0.1, 0.15) is 0 Å². The van der Waals surface area contributed by atoms with E-state index in [4.69, 9.17) is 16.7 Å². The fraction of sp³-hybridized carbons (Fsp3) is 0.200. The second kappa shape index (κ2) is 4.77. The molecule has 0 heterocycles. The molecule has 0 bridgehead atoms. The lowest BCUT2D eigenvalue weighted by Crippen LogP contribution is -2.12. The number of benzene rings is 1. The van der Waals surface area contributed by atoms with E-state index in [9.17, 15) is 9.59 Å². The summed E-state index contributed by atoms with van der Waals surface area (Å²) in [7, 11) is 0. The van der Waals surface area contributed by atoms with E-state index in [2.05, 4.69) is 15.9 Å². The summed E-state index contributed by atoms with van der Waals surface area (Å²) in [4.78, 5) is 22.3. The van der Waals surface area contributed by atoms with Gasteiger partial charge in [0.05, 0.1) is 10.9 Å². The number of alkyl halides is 1. The summed E-state index contributed by atoms with van der Waals surface area (Å²) >= 11 is 8.82. The van der Waals surface area contributed by atoms with Crippen LogP contribution in [0.3, 0.4) is 0 Å². The zero-order valence-corrected chi connectivity index (χ0v) is 10.2. The molecular formula is C10H8BrClO3. The van der Waals surface area contributed by atoms with Gasteiger partial charge in [0.25, 0.3) is 0 Å². The lowest BCUT2D eigenvalue weighted by atomic mass is 10.1. The molecule has 0 aliphatic heterocycles. The van der Waals surface area contributed by atoms with Gasteiger partial charge in [-0.15, -0.1) is 11.6 Å². The number of hydrogen-bond acceptors (Lipinski definition) is 2. The summed E-state index contributed by atoms with van der Waals surface area (Å²) in [6, 6.07) is 4.26. The Bertz CT molecular complexity index is 415. The highest BCUT2D eigenvalue weighted by atomic mass is 79.9. The van der Waals surface area contributed by atoms with E-state index in [1.54, 1.807) is 6.92 Å². The van der Waals surface area contributed by atoms with Crippen LogP contribution in [0.4, 0.5) is 0 Å². The fourth-order valence-corrected chi connectivity index (χ4v) is 1.62. The maximum Gasteiger partial charge on any atom is 0.335 e. The SMILES string of the molecule is CC(Cl)C(=O)c1cc(C(=O)O)ccc1Br. The highest BCUT2D eigenvalue weighted by molar-refractivity contribution is 9.10. The van der Waals surface area contributed by atoms with Gasteiger partial charge in [-0.25, -0.2) is 4.79 Å². The predicted octanol–water partition coefficient (Wildman–Crippen LogP) is 2.96. The van der Waals surface area contributed by atoms with Crippen LogP contribution in [0.2, 0.25) is 0 Å². The van der Waals surface area contributed by atoms with E-state index in [-0.39, 0.29) is 16.9 Å². The van der Waals surface area contributed by atoms with Crippen molar-refractivity contribution in [3.8, 4) is 0 Å². The molecule has 0 amide bonds. The van der Waals surface area contributed by atoms with E-state index in [1.165, 1.54) is 18.2 Å². The standard InChI is InChI=1S/C10H8BrClO3/c1-5(12)9(13)7-4-6(10(14)15)2-3-8(7)11/h2-5H,1H3,(H,14,15). The van der Waals surface area contributed by atoms with Crippen LogP contribution in [0.25, 0.3) is 0 Å². The van der Waals surface area contributed by atoms with Crippen LogP contribution in [0.1, 0.15) is 27.6 Å². The first-order valence-corrected chi connectivity index (χ1v) is 5.37. The molecule has 80 valence electrons. The molecule has 15 heavy (non-hydrogen) atoms. The zero-order valence-electron chi connectivity index (χ0n) is 7.83. The van der Waals surface area contributed by atoms with Crippen molar-refractivity contribution in [1.29, 1.82) is 0 Å². The van der Waals surface area contributed by atoms with Gasteiger partial charge >= 0.3 is 5.97 Å². The van der Waals surface area contributed by atoms with Crippen molar-refractivity contribution in [2.24, 2.45) is 0 Å². The number of rotatable bonds is 3. The molecule has 0 fully saturated rings. The summed E-state index contributed by atoms with van der Waals surface area (Å²) in [6.45, 7) is 1.55. The summed E-state index contributed by atoms with van der Waals surface area (Å²) < 4.78 is 0.546. The third kappa shape index (κ3) is 2.79. The van der Waals surface area contributed by atoms with Crippen LogP contribution in [0.15, 0.2) is 22.7 Å². The van der Waals surface area contributed by atoms with E-state index >= 15 is 0 Å². The van der Waals surface area contributed by atoms with Crippen LogP contribution in [0.5, 0.6) is 0 Å². The van der Waals surface area contributed by atoms with E-state index in [1.807, 2.05) is 0 Å².